The maximum atomic E-state index is 11.0. The molecule has 4 nitrogen and oxygen atoms in total. The van der Waals surface area contributed by atoms with Gasteiger partial charge in [0, 0.05) is 17.2 Å². The van der Waals surface area contributed by atoms with Crippen molar-refractivity contribution in [3.05, 3.63) is 28.8 Å². The molecule has 1 aromatic rings. The Labute approximate surface area is 133 Å². The fourth-order valence-electron chi connectivity index (χ4n) is 2.44. The summed E-state index contributed by atoms with van der Waals surface area (Å²) in [6.07, 6.45) is -0.118. The molecule has 0 bridgehead atoms. The van der Waals surface area contributed by atoms with Crippen molar-refractivity contribution in [2.45, 2.75) is 64.8 Å². The number of methoxy groups -OCH3 is 1. The van der Waals surface area contributed by atoms with Gasteiger partial charge in [-0.15, -0.1) is 0 Å². The van der Waals surface area contributed by atoms with Crippen molar-refractivity contribution in [2.75, 3.05) is 7.11 Å². The Kier molecular flexibility index (Phi) is 5.29. The van der Waals surface area contributed by atoms with Crippen molar-refractivity contribution in [3.63, 3.8) is 0 Å². The molecule has 0 aromatic heterocycles. The van der Waals surface area contributed by atoms with Crippen LogP contribution in [-0.2, 0) is 15.6 Å². The number of aliphatic carboxylic acids is 1. The molecule has 0 aliphatic rings. The number of carboxylic acids is 1. The fourth-order valence-corrected chi connectivity index (χ4v) is 2.44. The number of nitrogens with two attached hydrogens (primary N) is 1. The van der Waals surface area contributed by atoms with E-state index < -0.39 is 12.0 Å². The average Bonchev–Trinajstić information content (AvgIpc) is 2.33. The van der Waals surface area contributed by atoms with Crippen LogP contribution in [0, 0.1) is 0 Å². The largest absolute Gasteiger partial charge is 0.496 e. The van der Waals surface area contributed by atoms with Gasteiger partial charge >= 0.3 is 5.97 Å². The van der Waals surface area contributed by atoms with Crippen molar-refractivity contribution in [1.82, 2.24) is 0 Å². The second kappa shape index (κ2) is 6.29. The van der Waals surface area contributed by atoms with Gasteiger partial charge in [-0.3, -0.25) is 4.79 Å². The summed E-state index contributed by atoms with van der Waals surface area (Å²) in [7, 11) is 1.61. The highest BCUT2D eigenvalue weighted by molar-refractivity contribution is 5.68. The second-order valence-corrected chi connectivity index (χ2v) is 7.85. The van der Waals surface area contributed by atoms with Gasteiger partial charge in [0.15, 0.2) is 0 Å². The highest BCUT2D eigenvalue weighted by Crippen LogP contribution is 2.40. The maximum Gasteiger partial charge on any atom is 0.305 e. The van der Waals surface area contributed by atoms with Gasteiger partial charge in [-0.1, -0.05) is 47.6 Å². The number of ether oxygens (including phenoxy) is 1. The van der Waals surface area contributed by atoms with Gasteiger partial charge in [-0.25, -0.2) is 0 Å². The zero-order chi connectivity index (χ0) is 17.3. The Morgan fingerprint density at radius 1 is 1.18 bits per heavy atom. The fraction of sp³-hybridized carbons (Fsp3) is 0.611. The van der Waals surface area contributed by atoms with E-state index in [4.69, 9.17) is 15.6 Å². The maximum absolute atomic E-state index is 11.0. The number of hydrogen-bond donors (Lipinski definition) is 2. The van der Waals surface area contributed by atoms with Crippen molar-refractivity contribution >= 4 is 5.97 Å². The molecule has 0 spiro atoms. The summed E-state index contributed by atoms with van der Waals surface area (Å²) >= 11 is 0. The Morgan fingerprint density at radius 2 is 1.73 bits per heavy atom. The van der Waals surface area contributed by atoms with Crippen LogP contribution in [0.4, 0.5) is 0 Å². The van der Waals surface area contributed by atoms with Crippen molar-refractivity contribution in [2.24, 2.45) is 5.73 Å². The molecule has 124 valence electrons. The van der Waals surface area contributed by atoms with Gasteiger partial charge in [-0.05, 0) is 22.5 Å². The smallest absolute Gasteiger partial charge is 0.305 e. The van der Waals surface area contributed by atoms with Crippen LogP contribution >= 0.6 is 0 Å². The average molecular weight is 307 g/mol. The molecule has 1 aromatic carbocycles. The predicted molar refractivity (Wildman–Crippen MR) is 89.6 cm³/mol. The molecule has 3 N–H and O–H groups in total. The monoisotopic (exact) mass is 307 g/mol. The molecule has 0 aliphatic heterocycles. The molecule has 0 saturated heterocycles. The lowest BCUT2D eigenvalue weighted by atomic mass is 9.78. The molecular formula is C18H29NO3. The first kappa shape index (κ1) is 18.5. The lowest BCUT2D eigenvalue weighted by Gasteiger charge is -2.30. The van der Waals surface area contributed by atoms with Gasteiger partial charge in [-0.2, -0.15) is 0 Å². The number of benzene rings is 1. The second-order valence-electron chi connectivity index (χ2n) is 7.85. The van der Waals surface area contributed by atoms with Gasteiger partial charge in [0.05, 0.1) is 13.5 Å². The summed E-state index contributed by atoms with van der Waals surface area (Å²) in [4.78, 5) is 11.0. The van der Waals surface area contributed by atoms with Crippen molar-refractivity contribution < 1.29 is 14.6 Å². The van der Waals surface area contributed by atoms with Crippen molar-refractivity contribution in [1.29, 1.82) is 0 Å². The predicted octanol–water partition coefficient (Wildman–Crippen LogP) is 3.76. The number of rotatable bonds is 4. The van der Waals surface area contributed by atoms with Gasteiger partial charge in [0.2, 0.25) is 0 Å². The van der Waals surface area contributed by atoms with E-state index in [2.05, 4.69) is 47.6 Å². The summed E-state index contributed by atoms with van der Waals surface area (Å²) in [5, 5.41) is 9.05. The van der Waals surface area contributed by atoms with E-state index in [1.807, 2.05) is 6.07 Å². The molecule has 1 unspecified atom stereocenters. The number of hydrogen-bond acceptors (Lipinski definition) is 3. The van der Waals surface area contributed by atoms with Gasteiger partial charge in [0.25, 0.3) is 0 Å². The van der Waals surface area contributed by atoms with E-state index in [1.165, 1.54) is 0 Å². The van der Waals surface area contributed by atoms with E-state index in [1.54, 1.807) is 7.11 Å². The topological polar surface area (TPSA) is 72.5 Å². The Morgan fingerprint density at radius 3 is 2.09 bits per heavy atom. The van der Waals surface area contributed by atoms with Crippen LogP contribution in [0.1, 0.15) is 70.7 Å². The summed E-state index contributed by atoms with van der Waals surface area (Å²) in [5.74, 6) is -0.206. The van der Waals surface area contributed by atoms with E-state index in [0.29, 0.717) is 5.75 Å². The van der Waals surface area contributed by atoms with Gasteiger partial charge in [0.1, 0.15) is 5.75 Å². The molecule has 1 atom stereocenters. The summed E-state index contributed by atoms with van der Waals surface area (Å²) < 4.78 is 5.60. The van der Waals surface area contributed by atoms with Crippen molar-refractivity contribution in [3.8, 4) is 5.75 Å². The normalized spacial score (nSPS) is 13.8. The molecule has 4 heteroatoms. The molecular weight excluding hydrogens is 278 g/mol. The Balaban J connectivity index is 3.62. The number of carboxylic acid groups (broad SMARTS) is 1. The molecule has 0 saturated carbocycles. The summed E-state index contributed by atoms with van der Waals surface area (Å²) in [6, 6.07) is 3.55. The molecule has 0 heterocycles. The standard InChI is InChI=1S/C18H29NO3/c1-17(2,3)11-8-12(14(19)10-15(20)21)16(22-7)13(9-11)18(4,5)6/h8-9,14H,10,19H2,1-7H3,(H,20,21). The first-order valence-electron chi connectivity index (χ1n) is 7.58. The van der Waals surface area contributed by atoms with Crippen LogP contribution in [0.3, 0.4) is 0 Å². The minimum atomic E-state index is -0.909. The number of carbonyl (C=O) groups is 1. The lowest BCUT2D eigenvalue weighted by molar-refractivity contribution is -0.137. The van der Waals surface area contributed by atoms with Crippen LogP contribution in [0.5, 0.6) is 5.75 Å². The highest BCUT2D eigenvalue weighted by atomic mass is 16.5. The van der Waals surface area contributed by atoms with Crippen LogP contribution < -0.4 is 10.5 Å². The van der Waals surface area contributed by atoms with E-state index in [9.17, 15) is 4.79 Å². The quantitative estimate of drug-likeness (QED) is 0.888. The first-order valence-corrected chi connectivity index (χ1v) is 7.58. The molecule has 0 radical (unpaired) electrons. The van der Waals surface area contributed by atoms with Gasteiger partial charge < -0.3 is 15.6 Å². The van der Waals surface area contributed by atoms with E-state index in [0.717, 1.165) is 16.7 Å². The highest BCUT2D eigenvalue weighted by Gasteiger charge is 2.28. The molecule has 22 heavy (non-hydrogen) atoms. The molecule has 0 aliphatic carbocycles. The molecule has 1 rings (SSSR count). The lowest BCUT2D eigenvalue weighted by Crippen LogP contribution is -2.22. The minimum absolute atomic E-state index is 0.0516. The SMILES string of the molecule is COc1c(C(N)CC(=O)O)cc(C(C)(C)C)cc1C(C)(C)C. The molecule has 0 amide bonds. The summed E-state index contributed by atoms with van der Waals surface area (Å²) in [5.41, 5.74) is 8.92. The Hall–Kier alpha value is -1.55. The van der Waals surface area contributed by atoms with Crippen LogP contribution in [-0.4, -0.2) is 18.2 Å². The Bertz CT molecular complexity index is 551. The van der Waals surface area contributed by atoms with E-state index in [-0.39, 0.29) is 17.3 Å². The third-order valence-electron chi connectivity index (χ3n) is 3.79. The zero-order valence-corrected chi connectivity index (χ0v) is 14.8. The first-order chi connectivity index (χ1) is 9.87. The van der Waals surface area contributed by atoms with Crippen LogP contribution in [0.15, 0.2) is 12.1 Å². The minimum Gasteiger partial charge on any atom is -0.496 e. The third kappa shape index (κ3) is 4.23. The third-order valence-corrected chi connectivity index (χ3v) is 3.79. The van der Waals surface area contributed by atoms with E-state index >= 15 is 0 Å². The zero-order valence-electron chi connectivity index (χ0n) is 14.8. The summed E-state index contributed by atoms with van der Waals surface area (Å²) in [6.45, 7) is 12.7. The van der Waals surface area contributed by atoms with Crippen LogP contribution in [0.2, 0.25) is 0 Å². The van der Waals surface area contributed by atoms with Crippen LogP contribution in [0.25, 0.3) is 0 Å². The molecule has 0 fully saturated rings.